The highest BCUT2D eigenvalue weighted by molar-refractivity contribution is 4.76. The van der Waals surface area contributed by atoms with Crippen LogP contribution in [0, 0.1) is 0 Å². The predicted octanol–water partition coefficient (Wildman–Crippen LogP) is 0.979. The van der Waals surface area contributed by atoms with Crippen molar-refractivity contribution in [1.82, 2.24) is 4.90 Å². The summed E-state index contributed by atoms with van der Waals surface area (Å²) in [6.45, 7) is 4.48. The molecule has 2 rings (SSSR count). The lowest BCUT2D eigenvalue weighted by Gasteiger charge is -2.31. The molecule has 3 nitrogen and oxygen atoms in total. The molecule has 0 amide bonds. The van der Waals surface area contributed by atoms with Gasteiger partial charge in [0.15, 0.2) is 0 Å². The molecule has 3 heteroatoms. The molecule has 2 heterocycles. The third-order valence-electron chi connectivity index (χ3n) is 3.33. The number of hydrogen-bond acceptors (Lipinski definition) is 3. The van der Waals surface area contributed by atoms with Gasteiger partial charge in [-0.2, -0.15) is 0 Å². The largest absolute Gasteiger partial charge is 0.378 e. The van der Waals surface area contributed by atoms with Crippen molar-refractivity contribution >= 4 is 0 Å². The first-order valence-corrected chi connectivity index (χ1v) is 5.94. The van der Waals surface area contributed by atoms with E-state index in [1.807, 2.05) is 0 Å². The number of nitrogens with zero attached hydrogens (tertiary/aromatic N) is 1. The van der Waals surface area contributed by atoms with Crippen molar-refractivity contribution in [3.63, 3.8) is 0 Å². The summed E-state index contributed by atoms with van der Waals surface area (Å²) in [6.07, 6.45) is 6.73. The average molecular weight is 198 g/mol. The smallest absolute Gasteiger partial charge is 0.0588 e. The fourth-order valence-electron chi connectivity index (χ4n) is 2.49. The second kappa shape index (κ2) is 5.10. The molecular formula is C11H22N2O. The van der Waals surface area contributed by atoms with Gasteiger partial charge in [-0.1, -0.05) is 0 Å². The minimum Gasteiger partial charge on any atom is -0.378 e. The van der Waals surface area contributed by atoms with E-state index in [9.17, 15) is 0 Å². The Kier molecular flexibility index (Phi) is 3.79. The monoisotopic (exact) mass is 198 g/mol. The highest BCUT2D eigenvalue weighted by Gasteiger charge is 2.19. The van der Waals surface area contributed by atoms with Gasteiger partial charge >= 0.3 is 0 Å². The van der Waals surface area contributed by atoms with Gasteiger partial charge in [-0.05, 0) is 38.6 Å². The number of rotatable bonds is 3. The zero-order valence-electron chi connectivity index (χ0n) is 8.95. The third-order valence-corrected chi connectivity index (χ3v) is 3.33. The van der Waals surface area contributed by atoms with Crippen LogP contribution in [-0.4, -0.2) is 43.3 Å². The molecule has 82 valence electrons. The van der Waals surface area contributed by atoms with Crippen LogP contribution in [0.4, 0.5) is 0 Å². The summed E-state index contributed by atoms with van der Waals surface area (Å²) in [7, 11) is 0. The van der Waals surface area contributed by atoms with E-state index in [2.05, 4.69) is 4.90 Å². The molecule has 14 heavy (non-hydrogen) atoms. The quantitative estimate of drug-likeness (QED) is 0.734. The minimum atomic E-state index is 0.410. The van der Waals surface area contributed by atoms with Gasteiger partial charge in [0.1, 0.15) is 0 Å². The summed E-state index contributed by atoms with van der Waals surface area (Å²) in [5.74, 6) is 0. The maximum atomic E-state index is 5.94. The van der Waals surface area contributed by atoms with Gasteiger partial charge in [0.25, 0.3) is 0 Å². The highest BCUT2D eigenvalue weighted by Crippen LogP contribution is 2.17. The Balaban J connectivity index is 1.64. The number of ether oxygens (including phenoxy) is 1. The van der Waals surface area contributed by atoms with Crippen LogP contribution in [0.25, 0.3) is 0 Å². The summed E-state index contributed by atoms with van der Waals surface area (Å²) in [4.78, 5) is 2.50. The summed E-state index contributed by atoms with van der Waals surface area (Å²) in [6, 6.07) is 0.410. The van der Waals surface area contributed by atoms with E-state index >= 15 is 0 Å². The van der Waals surface area contributed by atoms with Crippen LogP contribution in [0.3, 0.4) is 0 Å². The van der Waals surface area contributed by atoms with E-state index in [1.54, 1.807) is 0 Å². The van der Waals surface area contributed by atoms with Crippen LogP contribution in [0.1, 0.15) is 32.1 Å². The topological polar surface area (TPSA) is 38.5 Å². The van der Waals surface area contributed by atoms with E-state index in [1.165, 1.54) is 45.2 Å². The van der Waals surface area contributed by atoms with Gasteiger partial charge < -0.3 is 15.4 Å². The molecule has 0 aliphatic carbocycles. The van der Waals surface area contributed by atoms with Gasteiger partial charge in [-0.25, -0.2) is 0 Å². The van der Waals surface area contributed by atoms with E-state index < -0.39 is 0 Å². The average Bonchev–Trinajstić information content (AvgIpc) is 2.67. The van der Waals surface area contributed by atoms with Crippen LogP contribution >= 0.6 is 0 Å². The van der Waals surface area contributed by atoms with Crippen molar-refractivity contribution < 1.29 is 4.74 Å². The van der Waals surface area contributed by atoms with E-state index in [-0.39, 0.29) is 0 Å². The molecule has 0 aromatic carbocycles. The van der Waals surface area contributed by atoms with Crippen LogP contribution in [0.15, 0.2) is 0 Å². The second-order valence-electron chi connectivity index (χ2n) is 4.63. The SMILES string of the molecule is NC1CCCN(CCC2CCCO2)C1. The number of hydrogen-bond donors (Lipinski definition) is 1. The molecule has 0 saturated carbocycles. The Morgan fingerprint density at radius 2 is 2.21 bits per heavy atom. The zero-order chi connectivity index (χ0) is 9.80. The molecule has 2 unspecified atom stereocenters. The molecule has 2 saturated heterocycles. The Morgan fingerprint density at radius 3 is 2.93 bits per heavy atom. The zero-order valence-corrected chi connectivity index (χ0v) is 8.95. The van der Waals surface area contributed by atoms with Crippen LogP contribution in [0.5, 0.6) is 0 Å². The molecule has 2 aliphatic rings. The Labute approximate surface area is 86.6 Å². The van der Waals surface area contributed by atoms with Gasteiger partial charge in [-0.15, -0.1) is 0 Å². The minimum absolute atomic E-state index is 0.410. The number of piperidine rings is 1. The lowest BCUT2D eigenvalue weighted by atomic mass is 10.1. The maximum absolute atomic E-state index is 5.94. The lowest BCUT2D eigenvalue weighted by molar-refractivity contribution is 0.0873. The van der Waals surface area contributed by atoms with E-state index in [0.29, 0.717) is 12.1 Å². The number of nitrogens with two attached hydrogens (primary N) is 1. The lowest BCUT2D eigenvalue weighted by Crippen LogP contribution is -2.43. The Morgan fingerprint density at radius 1 is 1.29 bits per heavy atom. The molecule has 2 N–H and O–H groups in total. The van der Waals surface area contributed by atoms with Gasteiger partial charge in [-0.3, -0.25) is 0 Å². The van der Waals surface area contributed by atoms with Gasteiger partial charge in [0.2, 0.25) is 0 Å². The molecule has 2 atom stereocenters. The van der Waals surface area contributed by atoms with Gasteiger partial charge in [0.05, 0.1) is 6.10 Å². The van der Waals surface area contributed by atoms with Crippen LogP contribution < -0.4 is 5.73 Å². The summed E-state index contributed by atoms with van der Waals surface area (Å²) in [5.41, 5.74) is 5.94. The first-order valence-electron chi connectivity index (χ1n) is 5.94. The normalized spacial score (nSPS) is 34.9. The van der Waals surface area contributed by atoms with Crippen molar-refractivity contribution in [3.05, 3.63) is 0 Å². The van der Waals surface area contributed by atoms with E-state index in [4.69, 9.17) is 10.5 Å². The summed E-state index contributed by atoms with van der Waals surface area (Å²) < 4.78 is 5.61. The van der Waals surface area contributed by atoms with Gasteiger partial charge in [0, 0.05) is 25.7 Å². The Bertz CT molecular complexity index is 169. The molecule has 0 aromatic heterocycles. The van der Waals surface area contributed by atoms with E-state index in [0.717, 1.165) is 13.2 Å². The fourth-order valence-corrected chi connectivity index (χ4v) is 2.49. The summed E-state index contributed by atoms with van der Waals surface area (Å²) >= 11 is 0. The maximum Gasteiger partial charge on any atom is 0.0588 e. The van der Waals surface area contributed by atoms with Crippen LogP contribution in [0.2, 0.25) is 0 Å². The molecule has 2 aliphatic heterocycles. The number of likely N-dealkylation sites (tertiary alicyclic amines) is 1. The predicted molar refractivity (Wildman–Crippen MR) is 57.2 cm³/mol. The van der Waals surface area contributed by atoms with Crippen LogP contribution in [-0.2, 0) is 4.74 Å². The molecule has 0 spiro atoms. The second-order valence-corrected chi connectivity index (χ2v) is 4.63. The fraction of sp³-hybridized carbons (Fsp3) is 1.00. The molecule has 2 fully saturated rings. The first kappa shape index (κ1) is 10.4. The third kappa shape index (κ3) is 2.94. The first-order chi connectivity index (χ1) is 6.84. The van der Waals surface area contributed by atoms with Crippen molar-refractivity contribution in [2.75, 3.05) is 26.2 Å². The molecule has 0 radical (unpaired) electrons. The molecule has 0 aromatic rings. The van der Waals surface area contributed by atoms with Crippen molar-refractivity contribution in [1.29, 1.82) is 0 Å². The molecule has 0 bridgehead atoms. The summed E-state index contributed by atoms with van der Waals surface area (Å²) in [5, 5.41) is 0. The Hall–Kier alpha value is -0.120. The van der Waals surface area contributed by atoms with Crippen molar-refractivity contribution in [2.45, 2.75) is 44.2 Å². The molecular weight excluding hydrogens is 176 g/mol. The van der Waals surface area contributed by atoms with Crippen molar-refractivity contribution in [2.24, 2.45) is 5.73 Å². The van der Waals surface area contributed by atoms with Crippen molar-refractivity contribution in [3.8, 4) is 0 Å². The standard InChI is InChI=1S/C11H22N2O/c12-10-3-1-6-13(9-10)7-5-11-4-2-8-14-11/h10-11H,1-9,12H2. The highest BCUT2D eigenvalue weighted by atomic mass is 16.5.